The summed E-state index contributed by atoms with van der Waals surface area (Å²) in [7, 11) is 0. The first-order valence-electron chi connectivity index (χ1n) is 8.79. The third kappa shape index (κ3) is 4.30. The van der Waals surface area contributed by atoms with E-state index in [2.05, 4.69) is 9.88 Å². The number of hydrogen-bond donors (Lipinski definition) is 1. The minimum Gasteiger partial charge on any atom is -0.354 e. The van der Waals surface area contributed by atoms with Gasteiger partial charge in [-0.3, -0.25) is 9.59 Å². The molecule has 0 unspecified atom stereocenters. The zero-order valence-corrected chi connectivity index (χ0v) is 14.8. The molecule has 134 valence electrons. The Morgan fingerprint density at radius 1 is 0.962 bits per heavy atom. The van der Waals surface area contributed by atoms with E-state index in [0.29, 0.717) is 17.7 Å². The van der Waals surface area contributed by atoms with Crippen LogP contribution in [0.4, 0.5) is 5.69 Å². The molecule has 3 rings (SSSR count). The third-order valence-electron chi connectivity index (χ3n) is 4.41. The van der Waals surface area contributed by atoms with Crippen molar-refractivity contribution in [1.29, 1.82) is 0 Å². The molecule has 2 heterocycles. The van der Waals surface area contributed by atoms with Crippen molar-refractivity contribution in [3.63, 3.8) is 0 Å². The van der Waals surface area contributed by atoms with Gasteiger partial charge in [0.25, 0.3) is 0 Å². The molecule has 1 N–H and O–H groups in total. The van der Waals surface area contributed by atoms with Crippen LogP contribution in [0.3, 0.4) is 0 Å². The molecule has 0 bridgehead atoms. The zero-order chi connectivity index (χ0) is 18.4. The van der Waals surface area contributed by atoms with Gasteiger partial charge in [-0.15, -0.1) is 0 Å². The smallest absolute Gasteiger partial charge is 0.247 e. The first-order valence-corrected chi connectivity index (χ1v) is 8.79. The number of nitrogens with one attached hydrogen (secondary N) is 1. The number of para-hydroxylation sites is 1. The quantitative estimate of drug-likeness (QED) is 0.621. The van der Waals surface area contributed by atoms with Gasteiger partial charge in [-0.2, -0.15) is 0 Å². The van der Waals surface area contributed by atoms with Crippen molar-refractivity contribution >= 4 is 17.4 Å². The number of nitrogens with zero attached hydrogens (tertiary/aromatic N) is 2. The molecule has 1 amide bonds. The minimum atomic E-state index is -0.319. The Hall–Kier alpha value is -3.08. The SMILES string of the molecule is CC(=O)c1ccccc1NC(=O)[C@H](CCCn1cccc1)n1cccc1. The molecule has 0 saturated heterocycles. The van der Waals surface area contributed by atoms with Crippen molar-refractivity contribution < 1.29 is 9.59 Å². The largest absolute Gasteiger partial charge is 0.354 e. The lowest BCUT2D eigenvalue weighted by Gasteiger charge is -2.19. The maximum Gasteiger partial charge on any atom is 0.247 e. The van der Waals surface area contributed by atoms with Crippen molar-refractivity contribution in [2.45, 2.75) is 32.4 Å². The summed E-state index contributed by atoms with van der Waals surface area (Å²) in [6, 6.07) is 14.6. The van der Waals surface area contributed by atoms with Crippen LogP contribution >= 0.6 is 0 Å². The predicted molar refractivity (Wildman–Crippen MR) is 102 cm³/mol. The Labute approximate surface area is 153 Å². The first kappa shape index (κ1) is 17.7. The molecule has 0 aliphatic heterocycles. The normalized spacial score (nSPS) is 11.9. The Bertz CT molecular complexity index is 851. The molecule has 0 aliphatic carbocycles. The standard InChI is InChI=1S/C21H23N3O2/c1-17(25)18-9-2-3-10-19(18)22-21(26)20(24-15-6-7-16-24)11-8-14-23-12-4-5-13-23/h2-7,9-10,12-13,15-16,20H,8,11,14H2,1H3,(H,22,26)/t20-/m0/s1. The number of anilines is 1. The molecule has 5 heteroatoms. The van der Waals surface area contributed by atoms with E-state index in [4.69, 9.17) is 0 Å². The van der Waals surface area contributed by atoms with Crippen molar-refractivity contribution in [3.8, 4) is 0 Å². The van der Waals surface area contributed by atoms with E-state index in [0.717, 1.165) is 13.0 Å². The molecule has 0 spiro atoms. The van der Waals surface area contributed by atoms with E-state index in [1.54, 1.807) is 18.2 Å². The second kappa shape index (κ2) is 8.34. The molecule has 0 saturated carbocycles. The number of amides is 1. The molecule has 1 atom stereocenters. The zero-order valence-electron chi connectivity index (χ0n) is 14.8. The number of ketones is 1. The predicted octanol–water partition coefficient (Wildman–Crippen LogP) is 4.15. The Kier molecular flexibility index (Phi) is 5.69. The fourth-order valence-corrected chi connectivity index (χ4v) is 3.07. The molecule has 1 aromatic carbocycles. The van der Waals surface area contributed by atoms with E-state index in [1.165, 1.54) is 6.92 Å². The summed E-state index contributed by atoms with van der Waals surface area (Å²) < 4.78 is 4.02. The Balaban J connectivity index is 1.72. The first-order chi connectivity index (χ1) is 12.6. The topological polar surface area (TPSA) is 56.0 Å². The highest BCUT2D eigenvalue weighted by atomic mass is 16.2. The van der Waals surface area contributed by atoms with Crippen LogP contribution in [0.2, 0.25) is 0 Å². The van der Waals surface area contributed by atoms with E-state index in [1.807, 2.05) is 59.7 Å². The van der Waals surface area contributed by atoms with Crippen molar-refractivity contribution in [2.75, 3.05) is 5.32 Å². The van der Waals surface area contributed by atoms with Crippen LogP contribution in [-0.2, 0) is 11.3 Å². The number of aryl methyl sites for hydroxylation is 1. The van der Waals surface area contributed by atoms with Gasteiger partial charge in [0.1, 0.15) is 6.04 Å². The van der Waals surface area contributed by atoms with Crippen LogP contribution in [0.5, 0.6) is 0 Å². The molecular formula is C21H23N3O2. The Morgan fingerprint density at radius 3 is 2.31 bits per heavy atom. The molecule has 5 nitrogen and oxygen atoms in total. The number of hydrogen-bond acceptors (Lipinski definition) is 2. The highest BCUT2D eigenvalue weighted by Gasteiger charge is 2.21. The molecule has 26 heavy (non-hydrogen) atoms. The van der Waals surface area contributed by atoms with Crippen LogP contribution in [0.1, 0.15) is 36.2 Å². The van der Waals surface area contributed by atoms with Gasteiger partial charge < -0.3 is 14.5 Å². The number of rotatable bonds is 8. The van der Waals surface area contributed by atoms with Gasteiger partial charge in [-0.1, -0.05) is 12.1 Å². The van der Waals surface area contributed by atoms with Crippen LogP contribution in [0.15, 0.2) is 73.3 Å². The lowest BCUT2D eigenvalue weighted by Crippen LogP contribution is -2.26. The van der Waals surface area contributed by atoms with Gasteiger partial charge in [0.15, 0.2) is 5.78 Å². The van der Waals surface area contributed by atoms with Gasteiger partial charge in [0, 0.05) is 36.9 Å². The van der Waals surface area contributed by atoms with Crippen molar-refractivity contribution in [2.24, 2.45) is 0 Å². The number of carbonyl (C=O) groups is 2. The number of aromatic nitrogens is 2. The van der Waals surface area contributed by atoms with E-state index < -0.39 is 0 Å². The van der Waals surface area contributed by atoms with Gasteiger partial charge in [0.2, 0.25) is 5.91 Å². The monoisotopic (exact) mass is 349 g/mol. The molecule has 0 radical (unpaired) electrons. The summed E-state index contributed by atoms with van der Waals surface area (Å²) >= 11 is 0. The minimum absolute atomic E-state index is 0.0639. The highest BCUT2D eigenvalue weighted by molar-refractivity contribution is 6.04. The highest BCUT2D eigenvalue weighted by Crippen LogP contribution is 2.21. The van der Waals surface area contributed by atoms with Crippen LogP contribution in [-0.4, -0.2) is 20.8 Å². The van der Waals surface area contributed by atoms with Gasteiger partial charge in [0.05, 0.1) is 5.69 Å². The number of carbonyl (C=O) groups excluding carboxylic acids is 2. The second-order valence-corrected chi connectivity index (χ2v) is 6.30. The van der Waals surface area contributed by atoms with E-state index in [-0.39, 0.29) is 17.7 Å². The average molecular weight is 349 g/mol. The summed E-state index contributed by atoms with van der Waals surface area (Å²) in [6.45, 7) is 2.37. The fourth-order valence-electron chi connectivity index (χ4n) is 3.07. The van der Waals surface area contributed by atoms with E-state index in [9.17, 15) is 9.59 Å². The molecule has 2 aromatic heterocycles. The maximum atomic E-state index is 12.9. The summed E-state index contributed by atoms with van der Waals surface area (Å²) in [5.41, 5.74) is 1.09. The average Bonchev–Trinajstić information content (AvgIpc) is 3.33. The lowest BCUT2D eigenvalue weighted by molar-refractivity contribution is -0.119. The van der Waals surface area contributed by atoms with Gasteiger partial charge in [-0.25, -0.2) is 0 Å². The van der Waals surface area contributed by atoms with Crippen molar-refractivity contribution in [3.05, 3.63) is 78.9 Å². The fraction of sp³-hybridized carbons (Fsp3) is 0.238. The summed E-state index contributed by atoms with van der Waals surface area (Å²) in [6.07, 6.45) is 9.43. The summed E-state index contributed by atoms with van der Waals surface area (Å²) in [4.78, 5) is 24.7. The molecule has 3 aromatic rings. The molecule has 0 aliphatic rings. The maximum absolute atomic E-state index is 12.9. The third-order valence-corrected chi connectivity index (χ3v) is 4.41. The van der Waals surface area contributed by atoms with E-state index >= 15 is 0 Å². The van der Waals surface area contributed by atoms with Crippen LogP contribution < -0.4 is 5.32 Å². The van der Waals surface area contributed by atoms with Crippen LogP contribution in [0.25, 0.3) is 0 Å². The summed E-state index contributed by atoms with van der Waals surface area (Å²) in [5, 5.41) is 2.94. The molecule has 0 fully saturated rings. The van der Waals surface area contributed by atoms with Gasteiger partial charge in [-0.05, 0) is 56.2 Å². The summed E-state index contributed by atoms with van der Waals surface area (Å²) in [5.74, 6) is -0.173. The number of Topliss-reactive ketones (excluding diaryl/α,β-unsaturated/α-hetero) is 1. The molecular weight excluding hydrogens is 326 g/mol. The lowest BCUT2D eigenvalue weighted by atomic mass is 10.1. The van der Waals surface area contributed by atoms with Gasteiger partial charge >= 0.3 is 0 Å². The van der Waals surface area contributed by atoms with Crippen molar-refractivity contribution in [1.82, 2.24) is 9.13 Å². The second-order valence-electron chi connectivity index (χ2n) is 6.30. The Morgan fingerprint density at radius 2 is 1.62 bits per heavy atom. The van der Waals surface area contributed by atoms with Crippen LogP contribution in [0, 0.1) is 0 Å². The number of benzene rings is 1.